The molecule has 0 amide bonds. The summed E-state index contributed by atoms with van der Waals surface area (Å²) in [5.74, 6) is 0. The fourth-order valence-electron chi connectivity index (χ4n) is 1.01. The Labute approximate surface area is 83.7 Å². The van der Waals surface area contributed by atoms with E-state index in [2.05, 4.69) is 0 Å². The minimum atomic E-state index is -4.37. The standard InChI is InChI=1S/C9H7F3NO2/c10-9(11,12)8-3-1-7(2-4-8)5-6-13(14)15/h1-4,6H,5H2. The maximum atomic E-state index is 12.1. The van der Waals surface area contributed by atoms with Crippen molar-refractivity contribution in [1.82, 2.24) is 0 Å². The SMILES string of the molecule is O=[N+]([O-])[CH]Cc1ccc(C(F)(F)F)cc1. The van der Waals surface area contributed by atoms with Crippen LogP contribution in [0.15, 0.2) is 24.3 Å². The Morgan fingerprint density at radius 2 is 1.80 bits per heavy atom. The van der Waals surface area contributed by atoms with Gasteiger partial charge >= 0.3 is 6.18 Å². The average molecular weight is 218 g/mol. The Balaban J connectivity index is 2.69. The number of nitro groups is 1. The second-order valence-electron chi connectivity index (χ2n) is 2.87. The lowest BCUT2D eigenvalue weighted by molar-refractivity contribution is -0.436. The van der Waals surface area contributed by atoms with Crippen molar-refractivity contribution in [3.05, 3.63) is 52.1 Å². The summed E-state index contributed by atoms with van der Waals surface area (Å²) in [7, 11) is 0. The van der Waals surface area contributed by atoms with Gasteiger partial charge in [-0.2, -0.15) is 13.2 Å². The summed E-state index contributed by atoms with van der Waals surface area (Å²) in [5.41, 5.74) is -0.285. The number of halogens is 3. The van der Waals surface area contributed by atoms with E-state index in [1.54, 1.807) is 0 Å². The predicted octanol–water partition coefficient (Wildman–Crippen LogP) is 2.69. The average Bonchev–Trinajstić information content (AvgIpc) is 2.14. The van der Waals surface area contributed by atoms with E-state index in [0.29, 0.717) is 5.56 Å². The second kappa shape index (κ2) is 4.29. The van der Waals surface area contributed by atoms with E-state index in [1.165, 1.54) is 12.1 Å². The van der Waals surface area contributed by atoms with E-state index in [9.17, 15) is 23.3 Å². The molecule has 0 bridgehead atoms. The van der Waals surface area contributed by atoms with Crippen LogP contribution in [0.4, 0.5) is 13.2 Å². The van der Waals surface area contributed by atoms with Crippen molar-refractivity contribution in [3.63, 3.8) is 0 Å². The molecule has 1 aromatic rings. The van der Waals surface area contributed by atoms with Crippen LogP contribution in [0.1, 0.15) is 11.1 Å². The van der Waals surface area contributed by atoms with Gasteiger partial charge in [0.15, 0.2) is 0 Å². The zero-order valence-corrected chi connectivity index (χ0v) is 7.49. The molecule has 6 heteroatoms. The van der Waals surface area contributed by atoms with Gasteiger partial charge in [-0.1, -0.05) is 12.1 Å². The molecule has 0 unspecified atom stereocenters. The van der Waals surface area contributed by atoms with Crippen LogP contribution in [-0.2, 0) is 12.6 Å². The molecule has 81 valence electrons. The summed E-state index contributed by atoms with van der Waals surface area (Å²) in [6.45, 7) is 0.794. The number of hydrogen-bond acceptors (Lipinski definition) is 2. The molecule has 1 radical (unpaired) electrons. The minimum Gasteiger partial charge on any atom is -0.264 e. The predicted molar refractivity (Wildman–Crippen MR) is 46.4 cm³/mol. The van der Waals surface area contributed by atoms with E-state index in [4.69, 9.17) is 0 Å². The van der Waals surface area contributed by atoms with Crippen molar-refractivity contribution in [2.24, 2.45) is 0 Å². The van der Waals surface area contributed by atoms with Crippen molar-refractivity contribution < 1.29 is 18.1 Å². The highest BCUT2D eigenvalue weighted by Crippen LogP contribution is 2.29. The molecule has 0 heterocycles. The van der Waals surface area contributed by atoms with Crippen LogP contribution in [-0.4, -0.2) is 4.92 Å². The quantitative estimate of drug-likeness (QED) is 0.578. The lowest BCUT2D eigenvalue weighted by Gasteiger charge is -2.06. The number of alkyl halides is 3. The van der Waals surface area contributed by atoms with Crippen molar-refractivity contribution in [2.45, 2.75) is 12.6 Å². The molecule has 1 rings (SSSR count). The summed E-state index contributed by atoms with van der Waals surface area (Å²) in [5, 5.41) is 9.97. The van der Waals surface area contributed by atoms with Crippen molar-refractivity contribution >= 4 is 0 Å². The third-order valence-electron chi connectivity index (χ3n) is 1.76. The van der Waals surface area contributed by atoms with E-state index < -0.39 is 16.7 Å². The smallest absolute Gasteiger partial charge is 0.264 e. The Morgan fingerprint density at radius 3 is 2.20 bits per heavy atom. The van der Waals surface area contributed by atoms with Gasteiger partial charge < -0.3 is 0 Å². The fourth-order valence-corrected chi connectivity index (χ4v) is 1.01. The van der Waals surface area contributed by atoms with Gasteiger partial charge in [-0.25, -0.2) is 0 Å². The monoisotopic (exact) mass is 218 g/mol. The third kappa shape index (κ3) is 3.57. The van der Waals surface area contributed by atoms with Crippen molar-refractivity contribution in [3.8, 4) is 0 Å². The Bertz CT molecular complexity index is 345. The zero-order chi connectivity index (χ0) is 11.5. The van der Waals surface area contributed by atoms with Crippen LogP contribution >= 0.6 is 0 Å². The van der Waals surface area contributed by atoms with Gasteiger partial charge in [-0.05, 0) is 17.7 Å². The topological polar surface area (TPSA) is 43.1 Å². The first kappa shape index (κ1) is 11.5. The molecule has 0 saturated heterocycles. The highest BCUT2D eigenvalue weighted by molar-refractivity contribution is 5.25. The lowest BCUT2D eigenvalue weighted by Crippen LogP contribution is -2.05. The minimum absolute atomic E-state index is 0.0190. The normalized spacial score (nSPS) is 11.4. The molecular weight excluding hydrogens is 211 g/mol. The van der Waals surface area contributed by atoms with Gasteiger partial charge in [0.1, 0.15) is 0 Å². The summed E-state index contributed by atoms with van der Waals surface area (Å²) in [6, 6.07) is 4.26. The second-order valence-corrected chi connectivity index (χ2v) is 2.87. The maximum Gasteiger partial charge on any atom is 0.416 e. The molecule has 3 nitrogen and oxygen atoms in total. The Kier molecular flexibility index (Phi) is 3.28. The molecule has 0 atom stereocenters. The number of nitrogens with zero attached hydrogens (tertiary/aromatic N) is 1. The molecule has 0 N–H and O–H groups in total. The van der Waals surface area contributed by atoms with Crippen LogP contribution in [0.2, 0.25) is 0 Å². The maximum absolute atomic E-state index is 12.1. The zero-order valence-electron chi connectivity index (χ0n) is 7.49. The highest BCUT2D eigenvalue weighted by Gasteiger charge is 2.29. The molecule has 0 aliphatic rings. The van der Waals surface area contributed by atoms with E-state index in [0.717, 1.165) is 18.7 Å². The van der Waals surface area contributed by atoms with Crippen LogP contribution in [0.25, 0.3) is 0 Å². The highest BCUT2D eigenvalue weighted by atomic mass is 19.4. The van der Waals surface area contributed by atoms with Crippen LogP contribution in [0.3, 0.4) is 0 Å². The molecule has 0 aliphatic heterocycles. The molecule has 0 fully saturated rings. The number of hydrogen-bond donors (Lipinski definition) is 0. The molecule has 0 aliphatic carbocycles. The van der Waals surface area contributed by atoms with Crippen LogP contribution in [0, 0.1) is 16.7 Å². The first-order valence-electron chi connectivity index (χ1n) is 4.02. The summed E-state index contributed by atoms with van der Waals surface area (Å²) < 4.78 is 36.4. The van der Waals surface area contributed by atoms with Gasteiger partial charge in [0.2, 0.25) is 0 Å². The van der Waals surface area contributed by atoms with Crippen molar-refractivity contribution in [1.29, 1.82) is 0 Å². The summed E-state index contributed by atoms with van der Waals surface area (Å²) in [6.07, 6.45) is -4.35. The third-order valence-corrected chi connectivity index (χ3v) is 1.76. The number of benzene rings is 1. The molecule has 0 aromatic heterocycles. The van der Waals surface area contributed by atoms with Gasteiger partial charge in [-0.15, -0.1) is 0 Å². The summed E-state index contributed by atoms with van der Waals surface area (Å²) >= 11 is 0. The van der Waals surface area contributed by atoms with E-state index >= 15 is 0 Å². The van der Waals surface area contributed by atoms with Crippen molar-refractivity contribution in [2.75, 3.05) is 0 Å². The molecular formula is C9H7F3NO2. The molecule has 0 spiro atoms. The Hall–Kier alpha value is -1.59. The van der Waals surface area contributed by atoms with E-state index in [1.807, 2.05) is 0 Å². The lowest BCUT2D eigenvalue weighted by atomic mass is 10.1. The van der Waals surface area contributed by atoms with Crippen LogP contribution in [0.5, 0.6) is 0 Å². The molecule has 15 heavy (non-hydrogen) atoms. The summed E-state index contributed by atoms with van der Waals surface area (Å²) in [4.78, 5) is 9.34. The Morgan fingerprint density at radius 1 is 1.27 bits per heavy atom. The fraction of sp³-hybridized carbons (Fsp3) is 0.222. The van der Waals surface area contributed by atoms with Gasteiger partial charge in [0.25, 0.3) is 6.54 Å². The van der Waals surface area contributed by atoms with Crippen LogP contribution < -0.4 is 0 Å². The molecule has 1 aromatic carbocycles. The largest absolute Gasteiger partial charge is 0.416 e. The first-order chi connectivity index (χ1) is 6.89. The van der Waals surface area contributed by atoms with Gasteiger partial charge in [0.05, 0.1) is 5.56 Å². The molecule has 0 saturated carbocycles. The first-order valence-corrected chi connectivity index (χ1v) is 4.02. The van der Waals surface area contributed by atoms with Gasteiger partial charge in [0, 0.05) is 11.3 Å². The van der Waals surface area contributed by atoms with E-state index in [-0.39, 0.29) is 6.42 Å². The number of rotatable bonds is 3. The van der Waals surface area contributed by atoms with Gasteiger partial charge in [-0.3, -0.25) is 10.1 Å².